The molecule has 2 amide bonds. The second kappa shape index (κ2) is 9.49. The van der Waals surface area contributed by atoms with Gasteiger partial charge in [-0.05, 0) is 48.5 Å². The number of imidazole rings is 1. The number of carbonyl (C=O) groups is 2. The Morgan fingerprint density at radius 2 is 1.81 bits per heavy atom. The molecule has 0 saturated heterocycles. The van der Waals surface area contributed by atoms with Crippen LogP contribution in [0.4, 0.5) is 0 Å². The van der Waals surface area contributed by atoms with Crippen molar-refractivity contribution in [1.82, 2.24) is 20.2 Å². The fourth-order valence-corrected chi connectivity index (χ4v) is 3.41. The minimum Gasteiger partial charge on any atom is -0.467 e. The van der Waals surface area contributed by atoms with Crippen molar-refractivity contribution in [3.8, 4) is 0 Å². The van der Waals surface area contributed by atoms with Gasteiger partial charge in [0.1, 0.15) is 18.1 Å². The van der Waals surface area contributed by atoms with E-state index in [1.54, 1.807) is 36.6 Å². The number of aromatic nitrogens is 2. The molecule has 0 aliphatic heterocycles. The molecule has 0 bridgehead atoms. The van der Waals surface area contributed by atoms with E-state index in [0.29, 0.717) is 35.9 Å². The van der Waals surface area contributed by atoms with E-state index in [1.165, 1.54) is 0 Å². The molecule has 0 radical (unpaired) electrons. The first-order chi connectivity index (χ1) is 15.1. The Labute approximate surface area is 184 Å². The fraction of sp³-hybridized carbons (Fsp3) is 0.174. The van der Waals surface area contributed by atoms with Gasteiger partial charge in [0.15, 0.2) is 0 Å². The minimum atomic E-state index is -0.185. The molecule has 0 spiro atoms. The number of hydrogen-bond donors (Lipinski definition) is 2. The van der Waals surface area contributed by atoms with E-state index >= 15 is 0 Å². The summed E-state index contributed by atoms with van der Waals surface area (Å²) in [5, 5.41) is 6.32. The molecule has 0 unspecified atom stereocenters. The lowest BCUT2D eigenvalue weighted by atomic mass is 10.2. The number of nitrogens with one attached hydrogen (secondary N) is 2. The van der Waals surface area contributed by atoms with Crippen LogP contribution in [0.1, 0.15) is 21.9 Å². The lowest BCUT2D eigenvalue weighted by molar-refractivity contribution is -0.121. The molecule has 8 heteroatoms. The molecule has 2 N–H and O–H groups in total. The molecule has 4 rings (SSSR count). The van der Waals surface area contributed by atoms with Crippen molar-refractivity contribution in [2.75, 3.05) is 6.54 Å². The van der Waals surface area contributed by atoms with Crippen molar-refractivity contribution in [1.29, 1.82) is 0 Å². The number of hydrogen-bond acceptors (Lipinski definition) is 4. The van der Waals surface area contributed by atoms with Gasteiger partial charge >= 0.3 is 0 Å². The third-order valence-corrected chi connectivity index (χ3v) is 5.07. The Hall–Kier alpha value is -3.58. The highest BCUT2D eigenvalue weighted by Crippen LogP contribution is 2.16. The van der Waals surface area contributed by atoms with Gasteiger partial charge in [-0.25, -0.2) is 4.98 Å². The molecule has 0 aliphatic carbocycles. The number of rotatable bonds is 8. The SMILES string of the molecule is O=C(Cn1c(CCNC(=O)c2ccc(Cl)cc2)nc2ccccc21)NCc1ccco1. The summed E-state index contributed by atoms with van der Waals surface area (Å²) in [4.78, 5) is 29.5. The first-order valence-electron chi connectivity index (χ1n) is 9.87. The average Bonchev–Trinajstić information content (AvgIpc) is 3.41. The van der Waals surface area contributed by atoms with Crippen molar-refractivity contribution in [2.45, 2.75) is 19.5 Å². The van der Waals surface area contributed by atoms with Crippen LogP contribution in [0.15, 0.2) is 71.3 Å². The summed E-state index contributed by atoms with van der Waals surface area (Å²) in [5.41, 5.74) is 2.21. The zero-order chi connectivity index (χ0) is 21.6. The second-order valence-electron chi connectivity index (χ2n) is 6.97. The van der Waals surface area contributed by atoms with Gasteiger partial charge in [0, 0.05) is 23.6 Å². The average molecular weight is 437 g/mol. The lowest BCUT2D eigenvalue weighted by Gasteiger charge is -2.10. The molecule has 0 atom stereocenters. The quantitative estimate of drug-likeness (QED) is 0.442. The Morgan fingerprint density at radius 1 is 1.00 bits per heavy atom. The Balaban J connectivity index is 1.42. The van der Waals surface area contributed by atoms with Gasteiger partial charge in [-0.1, -0.05) is 23.7 Å². The van der Waals surface area contributed by atoms with Gasteiger partial charge in [-0.15, -0.1) is 0 Å². The number of benzene rings is 2. The van der Waals surface area contributed by atoms with Crippen molar-refractivity contribution < 1.29 is 14.0 Å². The van der Waals surface area contributed by atoms with Gasteiger partial charge in [-0.2, -0.15) is 0 Å². The standard InChI is InChI=1S/C23H21ClN4O3/c24-17-9-7-16(8-10-17)23(30)25-12-11-21-27-19-5-1-2-6-20(19)28(21)15-22(29)26-14-18-4-3-13-31-18/h1-10,13H,11-12,14-15H2,(H,25,30)(H,26,29). The van der Waals surface area contributed by atoms with Gasteiger partial charge in [0.25, 0.3) is 5.91 Å². The van der Waals surface area contributed by atoms with Gasteiger partial charge in [-0.3, -0.25) is 9.59 Å². The number of amides is 2. The Bertz CT molecular complexity index is 1180. The largest absolute Gasteiger partial charge is 0.467 e. The molecule has 158 valence electrons. The fourth-order valence-electron chi connectivity index (χ4n) is 3.28. The number of fused-ring (bicyclic) bond motifs is 1. The van der Waals surface area contributed by atoms with Crippen LogP contribution in [0.25, 0.3) is 11.0 Å². The smallest absolute Gasteiger partial charge is 0.251 e. The maximum Gasteiger partial charge on any atom is 0.251 e. The summed E-state index contributed by atoms with van der Waals surface area (Å²) < 4.78 is 7.13. The molecule has 31 heavy (non-hydrogen) atoms. The monoisotopic (exact) mass is 436 g/mol. The van der Waals surface area contributed by atoms with Crippen LogP contribution >= 0.6 is 11.6 Å². The Kier molecular flexibility index (Phi) is 6.33. The number of para-hydroxylation sites is 2. The van der Waals surface area contributed by atoms with E-state index < -0.39 is 0 Å². The molecule has 0 saturated carbocycles. The third-order valence-electron chi connectivity index (χ3n) is 4.82. The number of furan rings is 1. The number of carbonyl (C=O) groups excluding carboxylic acids is 2. The normalized spacial score (nSPS) is 10.9. The highest BCUT2D eigenvalue weighted by atomic mass is 35.5. The third kappa shape index (κ3) is 5.13. The van der Waals surface area contributed by atoms with Crippen LogP contribution < -0.4 is 10.6 Å². The molecule has 0 aliphatic rings. The van der Waals surface area contributed by atoms with Crippen molar-refractivity contribution in [3.63, 3.8) is 0 Å². The molecular formula is C23H21ClN4O3. The summed E-state index contributed by atoms with van der Waals surface area (Å²) in [5.74, 6) is 1.08. The molecule has 4 aromatic rings. The molecule has 0 fully saturated rings. The van der Waals surface area contributed by atoms with Crippen LogP contribution in [0.2, 0.25) is 5.02 Å². The zero-order valence-electron chi connectivity index (χ0n) is 16.7. The Morgan fingerprint density at radius 3 is 2.58 bits per heavy atom. The minimum absolute atomic E-state index is 0.127. The molecular weight excluding hydrogens is 416 g/mol. The summed E-state index contributed by atoms with van der Waals surface area (Å²) in [7, 11) is 0. The van der Waals surface area contributed by atoms with E-state index in [0.717, 1.165) is 16.9 Å². The molecule has 2 heterocycles. The van der Waals surface area contributed by atoms with E-state index in [2.05, 4.69) is 15.6 Å². The van der Waals surface area contributed by atoms with Crippen molar-refractivity contribution in [3.05, 3.63) is 89.1 Å². The van der Waals surface area contributed by atoms with E-state index in [-0.39, 0.29) is 18.4 Å². The maximum atomic E-state index is 12.5. The number of nitrogens with zero attached hydrogens (tertiary/aromatic N) is 2. The van der Waals surface area contributed by atoms with Gasteiger partial charge in [0.05, 0.1) is 23.8 Å². The van der Waals surface area contributed by atoms with Crippen LogP contribution in [0, 0.1) is 0 Å². The molecule has 2 aromatic heterocycles. The lowest BCUT2D eigenvalue weighted by Crippen LogP contribution is -2.29. The summed E-state index contributed by atoms with van der Waals surface area (Å²) >= 11 is 5.87. The second-order valence-corrected chi connectivity index (χ2v) is 7.41. The highest BCUT2D eigenvalue weighted by molar-refractivity contribution is 6.30. The van der Waals surface area contributed by atoms with Crippen LogP contribution in [0.5, 0.6) is 0 Å². The summed E-state index contributed by atoms with van der Waals surface area (Å²) in [6.45, 7) is 0.839. The summed E-state index contributed by atoms with van der Waals surface area (Å²) in [6, 6.07) is 17.9. The highest BCUT2D eigenvalue weighted by Gasteiger charge is 2.14. The van der Waals surface area contributed by atoms with Crippen LogP contribution in [-0.2, 0) is 24.3 Å². The van der Waals surface area contributed by atoms with Crippen LogP contribution in [0.3, 0.4) is 0 Å². The maximum absolute atomic E-state index is 12.5. The predicted molar refractivity (Wildman–Crippen MR) is 118 cm³/mol. The molecule has 7 nitrogen and oxygen atoms in total. The predicted octanol–water partition coefficient (Wildman–Crippen LogP) is 3.57. The van der Waals surface area contributed by atoms with E-state index in [4.69, 9.17) is 16.0 Å². The van der Waals surface area contributed by atoms with Crippen molar-refractivity contribution in [2.24, 2.45) is 0 Å². The van der Waals surface area contributed by atoms with E-state index in [1.807, 2.05) is 34.9 Å². The van der Waals surface area contributed by atoms with Crippen molar-refractivity contribution >= 4 is 34.4 Å². The van der Waals surface area contributed by atoms with Gasteiger partial charge in [0.2, 0.25) is 5.91 Å². The van der Waals surface area contributed by atoms with Gasteiger partial charge < -0.3 is 19.6 Å². The molecule has 2 aromatic carbocycles. The summed E-state index contributed by atoms with van der Waals surface area (Å²) in [6.07, 6.45) is 2.06. The number of halogens is 1. The van der Waals surface area contributed by atoms with E-state index in [9.17, 15) is 9.59 Å². The first-order valence-corrected chi connectivity index (χ1v) is 10.2. The zero-order valence-corrected chi connectivity index (χ0v) is 17.4. The first kappa shape index (κ1) is 20.7. The van der Waals surface area contributed by atoms with Crippen LogP contribution in [-0.4, -0.2) is 27.9 Å². The topological polar surface area (TPSA) is 89.2 Å².